The lowest BCUT2D eigenvalue weighted by atomic mass is 10.1. The van der Waals surface area contributed by atoms with Crippen LogP contribution >= 0.6 is 11.6 Å². The molecule has 0 amide bonds. The van der Waals surface area contributed by atoms with Gasteiger partial charge in [-0.1, -0.05) is 23.7 Å². The van der Waals surface area contributed by atoms with Gasteiger partial charge in [0.05, 0.1) is 28.8 Å². The van der Waals surface area contributed by atoms with Crippen molar-refractivity contribution in [1.82, 2.24) is 5.32 Å². The highest BCUT2D eigenvalue weighted by atomic mass is 35.5. The van der Waals surface area contributed by atoms with Gasteiger partial charge in [-0.15, -0.1) is 0 Å². The second kappa shape index (κ2) is 8.26. The number of hydrogen-bond donors (Lipinski definition) is 1. The van der Waals surface area contributed by atoms with Crippen molar-refractivity contribution in [2.45, 2.75) is 36.6 Å². The fourth-order valence-corrected chi connectivity index (χ4v) is 8.77. The van der Waals surface area contributed by atoms with Crippen molar-refractivity contribution in [3.8, 4) is 5.75 Å². The van der Waals surface area contributed by atoms with Crippen LogP contribution in [0.1, 0.15) is 16.7 Å². The molecule has 3 rings (SSSR count). The van der Waals surface area contributed by atoms with Gasteiger partial charge in [0.15, 0.2) is 19.7 Å². The largest absolute Gasteiger partial charge is 0.496 e. The molecular formula is C20H24ClNO5S2. The van der Waals surface area contributed by atoms with E-state index in [1.807, 2.05) is 12.1 Å². The molecule has 1 aliphatic rings. The standard InChI is InChI=1S/C20H24ClNO5S2/c1-13-9-19(14(2)8-18(13)27-3)29(25,26)20-12-28(23,24)11-17(20)22-10-15-4-6-16(21)7-5-15/h4-9,17,20,22H,10-12H2,1-3H3/t17-,20-/m0/s1. The van der Waals surface area contributed by atoms with Gasteiger partial charge in [0.25, 0.3) is 0 Å². The summed E-state index contributed by atoms with van der Waals surface area (Å²) in [7, 11) is -5.81. The van der Waals surface area contributed by atoms with E-state index < -0.39 is 36.7 Å². The minimum absolute atomic E-state index is 0.149. The van der Waals surface area contributed by atoms with Gasteiger partial charge in [0.2, 0.25) is 0 Å². The first-order valence-corrected chi connectivity index (χ1v) is 12.9. The van der Waals surface area contributed by atoms with E-state index in [1.165, 1.54) is 7.11 Å². The van der Waals surface area contributed by atoms with Gasteiger partial charge in [-0.3, -0.25) is 0 Å². The number of nitrogens with one attached hydrogen (secondary N) is 1. The summed E-state index contributed by atoms with van der Waals surface area (Å²) < 4.78 is 56.6. The lowest BCUT2D eigenvalue weighted by Crippen LogP contribution is -2.43. The van der Waals surface area contributed by atoms with Gasteiger partial charge < -0.3 is 10.1 Å². The molecule has 0 unspecified atom stereocenters. The lowest BCUT2D eigenvalue weighted by molar-refractivity contribution is 0.411. The average molecular weight is 458 g/mol. The molecular weight excluding hydrogens is 434 g/mol. The van der Waals surface area contributed by atoms with E-state index in [4.69, 9.17) is 16.3 Å². The molecule has 0 spiro atoms. The van der Waals surface area contributed by atoms with Crippen LogP contribution in [0.15, 0.2) is 41.3 Å². The van der Waals surface area contributed by atoms with Crippen molar-refractivity contribution in [2.24, 2.45) is 0 Å². The molecule has 1 heterocycles. The number of halogens is 1. The predicted molar refractivity (Wildman–Crippen MR) is 114 cm³/mol. The van der Waals surface area contributed by atoms with Crippen molar-refractivity contribution in [3.05, 3.63) is 58.1 Å². The Morgan fingerprint density at radius 3 is 2.38 bits per heavy atom. The summed E-state index contributed by atoms with van der Waals surface area (Å²) in [5, 5.41) is 2.68. The molecule has 1 aliphatic heterocycles. The van der Waals surface area contributed by atoms with E-state index in [-0.39, 0.29) is 10.6 Å². The van der Waals surface area contributed by atoms with Crippen LogP contribution in [-0.2, 0) is 26.2 Å². The molecule has 29 heavy (non-hydrogen) atoms. The van der Waals surface area contributed by atoms with Gasteiger partial charge >= 0.3 is 0 Å². The fraction of sp³-hybridized carbons (Fsp3) is 0.400. The number of methoxy groups -OCH3 is 1. The minimum Gasteiger partial charge on any atom is -0.496 e. The third kappa shape index (κ3) is 4.77. The third-order valence-electron chi connectivity index (χ3n) is 5.18. The van der Waals surface area contributed by atoms with E-state index >= 15 is 0 Å². The first-order chi connectivity index (χ1) is 13.5. The number of hydrogen-bond acceptors (Lipinski definition) is 6. The highest BCUT2D eigenvalue weighted by Crippen LogP contribution is 2.31. The van der Waals surface area contributed by atoms with Crippen molar-refractivity contribution in [2.75, 3.05) is 18.6 Å². The topological polar surface area (TPSA) is 89.5 Å². The number of sulfone groups is 2. The van der Waals surface area contributed by atoms with Gasteiger partial charge in [-0.05, 0) is 54.8 Å². The second-order valence-corrected chi connectivity index (χ2v) is 12.1. The zero-order valence-electron chi connectivity index (χ0n) is 16.5. The fourth-order valence-electron chi connectivity index (χ4n) is 3.62. The monoisotopic (exact) mass is 457 g/mol. The molecule has 1 N–H and O–H groups in total. The summed E-state index contributed by atoms with van der Waals surface area (Å²) in [6, 6.07) is 9.65. The van der Waals surface area contributed by atoms with Gasteiger partial charge in [-0.25, -0.2) is 16.8 Å². The summed E-state index contributed by atoms with van der Waals surface area (Å²) >= 11 is 5.89. The summed E-state index contributed by atoms with van der Waals surface area (Å²) in [6.07, 6.45) is 0. The summed E-state index contributed by atoms with van der Waals surface area (Å²) in [4.78, 5) is 0.149. The minimum atomic E-state index is -3.87. The highest BCUT2D eigenvalue weighted by molar-refractivity contribution is 7.96. The molecule has 2 atom stereocenters. The quantitative estimate of drug-likeness (QED) is 0.717. The molecule has 1 fully saturated rings. The Balaban J connectivity index is 1.91. The predicted octanol–water partition coefficient (Wildman–Crippen LogP) is 2.69. The van der Waals surface area contributed by atoms with E-state index in [0.29, 0.717) is 28.4 Å². The third-order valence-corrected chi connectivity index (χ3v) is 9.72. The average Bonchev–Trinajstić information content (AvgIpc) is 2.98. The lowest BCUT2D eigenvalue weighted by Gasteiger charge is -2.22. The maximum absolute atomic E-state index is 13.4. The maximum Gasteiger partial charge on any atom is 0.184 e. The van der Waals surface area contributed by atoms with Crippen LogP contribution in [0.25, 0.3) is 0 Å². The number of rotatable bonds is 6. The Bertz CT molecular complexity index is 1110. The highest BCUT2D eigenvalue weighted by Gasteiger charge is 2.46. The zero-order valence-corrected chi connectivity index (χ0v) is 18.9. The number of ether oxygens (including phenoxy) is 1. The van der Waals surface area contributed by atoms with Crippen LogP contribution in [0.3, 0.4) is 0 Å². The van der Waals surface area contributed by atoms with E-state index in [2.05, 4.69) is 5.32 Å². The van der Waals surface area contributed by atoms with Crippen molar-refractivity contribution < 1.29 is 21.6 Å². The van der Waals surface area contributed by atoms with E-state index in [1.54, 1.807) is 38.1 Å². The summed E-state index contributed by atoms with van der Waals surface area (Å²) in [5.41, 5.74) is 2.11. The van der Waals surface area contributed by atoms with Gasteiger partial charge in [-0.2, -0.15) is 0 Å². The van der Waals surface area contributed by atoms with Crippen LogP contribution in [0.4, 0.5) is 0 Å². The van der Waals surface area contributed by atoms with E-state index in [9.17, 15) is 16.8 Å². The molecule has 0 aromatic heterocycles. The molecule has 0 radical (unpaired) electrons. The molecule has 2 aromatic carbocycles. The Hall–Kier alpha value is -1.61. The Labute approximate surface area is 177 Å². The summed E-state index contributed by atoms with van der Waals surface area (Å²) in [5.74, 6) is -0.00511. The number of benzene rings is 2. The van der Waals surface area contributed by atoms with E-state index in [0.717, 1.165) is 5.56 Å². The Morgan fingerprint density at radius 1 is 1.10 bits per heavy atom. The summed E-state index contributed by atoms with van der Waals surface area (Å²) in [6.45, 7) is 3.80. The maximum atomic E-state index is 13.4. The Morgan fingerprint density at radius 2 is 1.76 bits per heavy atom. The van der Waals surface area contributed by atoms with Crippen molar-refractivity contribution in [3.63, 3.8) is 0 Å². The smallest absolute Gasteiger partial charge is 0.184 e. The Kier molecular flexibility index (Phi) is 6.29. The van der Waals surface area contributed by atoms with Crippen LogP contribution in [-0.4, -0.2) is 46.7 Å². The second-order valence-electron chi connectivity index (χ2n) is 7.36. The normalized spacial score (nSPS) is 21.2. The van der Waals surface area contributed by atoms with Crippen molar-refractivity contribution >= 4 is 31.3 Å². The number of aryl methyl sites for hydroxylation is 2. The molecule has 9 heteroatoms. The molecule has 158 valence electrons. The molecule has 0 saturated carbocycles. The SMILES string of the molecule is COc1cc(C)c(S(=O)(=O)[C@H]2CS(=O)(=O)C[C@@H]2NCc2ccc(Cl)cc2)cc1C. The molecule has 0 aliphatic carbocycles. The first kappa shape index (κ1) is 22.1. The molecule has 0 bridgehead atoms. The van der Waals surface area contributed by atoms with Crippen LogP contribution < -0.4 is 10.1 Å². The van der Waals surface area contributed by atoms with Gasteiger partial charge in [0, 0.05) is 17.6 Å². The van der Waals surface area contributed by atoms with Crippen LogP contribution in [0.2, 0.25) is 5.02 Å². The van der Waals surface area contributed by atoms with Crippen LogP contribution in [0, 0.1) is 13.8 Å². The first-order valence-electron chi connectivity index (χ1n) is 9.11. The van der Waals surface area contributed by atoms with Crippen LogP contribution in [0.5, 0.6) is 5.75 Å². The van der Waals surface area contributed by atoms with Crippen molar-refractivity contribution in [1.29, 1.82) is 0 Å². The molecule has 6 nitrogen and oxygen atoms in total. The van der Waals surface area contributed by atoms with Gasteiger partial charge in [0.1, 0.15) is 5.75 Å². The molecule has 2 aromatic rings. The zero-order chi connectivity index (χ0) is 21.4. The molecule has 1 saturated heterocycles.